The molecule has 120 valence electrons. The number of anilines is 1. The predicted octanol–water partition coefficient (Wildman–Crippen LogP) is 1.83. The van der Waals surface area contributed by atoms with Gasteiger partial charge in [-0.05, 0) is 49.8 Å². The molecule has 1 heterocycles. The Labute approximate surface area is 131 Å². The predicted molar refractivity (Wildman–Crippen MR) is 88.2 cm³/mol. The van der Waals surface area contributed by atoms with Crippen molar-refractivity contribution in [3.05, 3.63) is 29.3 Å². The lowest BCUT2D eigenvalue weighted by Gasteiger charge is -2.24. The van der Waals surface area contributed by atoms with Crippen LogP contribution < -0.4 is 11.1 Å². The molecule has 0 amide bonds. The number of fused-ring (bicyclic) bond motifs is 1. The molecule has 22 heavy (non-hydrogen) atoms. The summed E-state index contributed by atoms with van der Waals surface area (Å²) in [6, 6.07) is 6.29. The molecular formula is C17H25N3O2. The Morgan fingerprint density at radius 3 is 3.05 bits per heavy atom. The summed E-state index contributed by atoms with van der Waals surface area (Å²) in [6.07, 6.45) is 5.10. The van der Waals surface area contributed by atoms with Crippen molar-refractivity contribution >= 4 is 11.6 Å². The van der Waals surface area contributed by atoms with Crippen LogP contribution in [0.15, 0.2) is 23.2 Å². The van der Waals surface area contributed by atoms with Crippen molar-refractivity contribution in [2.75, 3.05) is 18.5 Å². The van der Waals surface area contributed by atoms with Gasteiger partial charge in [0.2, 0.25) is 0 Å². The number of aliphatic hydroxyl groups is 1. The van der Waals surface area contributed by atoms with E-state index in [9.17, 15) is 5.11 Å². The smallest absolute Gasteiger partial charge is 0.193 e. The standard InChI is InChI=1S/C17H25N3O2/c1-12-17(21,9-10-22-12)11-19-16(18)20-15-8-4-6-13-5-2-3-7-14(13)15/h4,6,8,12,21H,2-3,5,7,9-11H2,1H3,(H3,18,19,20). The molecule has 2 aliphatic rings. The van der Waals surface area contributed by atoms with E-state index in [1.165, 1.54) is 24.0 Å². The molecule has 1 fully saturated rings. The minimum Gasteiger partial charge on any atom is -0.385 e. The molecule has 2 atom stereocenters. The molecule has 0 spiro atoms. The second kappa shape index (κ2) is 6.26. The molecule has 1 aliphatic heterocycles. The minimum absolute atomic E-state index is 0.200. The van der Waals surface area contributed by atoms with E-state index < -0.39 is 5.60 Å². The van der Waals surface area contributed by atoms with Crippen LogP contribution in [-0.4, -0.2) is 35.9 Å². The summed E-state index contributed by atoms with van der Waals surface area (Å²) < 4.78 is 5.41. The van der Waals surface area contributed by atoms with Crippen molar-refractivity contribution in [1.82, 2.24) is 0 Å². The minimum atomic E-state index is -0.900. The second-order valence-corrected chi connectivity index (χ2v) is 6.34. The van der Waals surface area contributed by atoms with Gasteiger partial charge in [0.1, 0.15) is 5.60 Å². The van der Waals surface area contributed by atoms with Gasteiger partial charge in [-0.25, -0.2) is 0 Å². The Kier molecular flexibility index (Phi) is 4.36. The third-order valence-corrected chi connectivity index (χ3v) is 4.84. The van der Waals surface area contributed by atoms with Gasteiger partial charge in [-0.15, -0.1) is 0 Å². The highest BCUT2D eigenvalue weighted by atomic mass is 16.5. The van der Waals surface area contributed by atoms with Crippen LogP contribution >= 0.6 is 0 Å². The Morgan fingerprint density at radius 2 is 2.27 bits per heavy atom. The Morgan fingerprint density at radius 1 is 1.45 bits per heavy atom. The fraction of sp³-hybridized carbons (Fsp3) is 0.588. The van der Waals surface area contributed by atoms with E-state index in [1.54, 1.807) is 0 Å². The van der Waals surface area contributed by atoms with Gasteiger partial charge in [0.15, 0.2) is 5.96 Å². The number of hydrogen-bond donors (Lipinski definition) is 3. The average Bonchev–Trinajstić information content (AvgIpc) is 2.86. The number of aliphatic imine (C=N–C) groups is 1. The van der Waals surface area contributed by atoms with Crippen molar-refractivity contribution in [2.45, 2.75) is 50.7 Å². The van der Waals surface area contributed by atoms with Gasteiger partial charge in [0, 0.05) is 18.7 Å². The Hall–Kier alpha value is -1.59. The zero-order valence-electron chi connectivity index (χ0n) is 13.1. The molecule has 0 saturated carbocycles. The molecule has 0 radical (unpaired) electrons. The van der Waals surface area contributed by atoms with Gasteiger partial charge < -0.3 is 20.9 Å². The summed E-state index contributed by atoms with van der Waals surface area (Å²) in [5, 5.41) is 13.7. The molecule has 3 rings (SSSR count). The molecule has 1 saturated heterocycles. The Bertz CT molecular complexity index is 573. The molecule has 0 aromatic heterocycles. The monoisotopic (exact) mass is 303 g/mol. The zero-order valence-corrected chi connectivity index (χ0v) is 13.1. The van der Waals surface area contributed by atoms with Crippen molar-refractivity contribution in [3.63, 3.8) is 0 Å². The van der Waals surface area contributed by atoms with Crippen molar-refractivity contribution in [2.24, 2.45) is 10.7 Å². The topological polar surface area (TPSA) is 79.9 Å². The summed E-state index contributed by atoms with van der Waals surface area (Å²) >= 11 is 0. The van der Waals surface area contributed by atoms with Crippen LogP contribution in [0.5, 0.6) is 0 Å². The zero-order chi connectivity index (χ0) is 15.6. The molecule has 2 unspecified atom stereocenters. The number of guanidine groups is 1. The highest BCUT2D eigenvalue weighted by Crippen LogP contribution is 2.28. The van der Waals surface area contributed by atoms with Crippen LogP contribution in [0.4, 0.5) is 5.69 Å². The largest absolute Gasteiger partial charge is 0.385 e. The number of aryl methyl sites for hydroxylation is 1. The normalized spacial score (nSPS) is 28.5. The maximum atomic E-state index is 10.5. The SMILES string of the molecule is CC1OCCC1(O)CN=C(N)Nc1cccc2c1CCCC2. The lowest BCUT2D eigenvalue weighted by Crippen LogP contribution is -2.40. The average molecular weight is 303 g/mol. The fourth-order valence-electron chi connectivity index (χ4n) is 3.28. The van der Waals surface area contributed by atoms with Gasteiger partial charge in [-0.3, -0.25) is 4.99 Å². The van der Waals surface area contributed by atoms with Gasteiger partial charge in [0.05, 0.1) is 12.6 Å². The van der Waals surface area contributed by atoms with Gasteiger partial charge in [-0.2, -0.15) is 0 Å². The van der Waals surface area contributed by atoms with Crippen LogP contribution in [0.1, 0.15) is 37.3 Å². The number of benzene rings is 1. The first-order chi connectivity index (χ1) is 10.6. The van der Waals surface area contributed by atoms with Crippen LogP contribution in [-0.2, 0) is 17.6 Å². The van der Waals surface area contributed by atoms with E-state index >= 15 is 0 Å². The van der Waals surface area contributed by atoms with Crippen molar-refractivity contribution in [1.29, 1.82) is 0 Å². The van der Waals surface area contributed by atoms with E-state index in [2.05, 4.69) is 22.4 Å². The van der Waals surface area contributed by atoms with Gasteiger partial charge >= 0.3 is 0 Å². The quantitative estimate of drug-likeness (QED) is 0.588. The molecule has 5 heteroatoms. The fourth-order valence-corrected chi connectivity index (χ4v) is 3.28. The van der Waals surface area contributed by atoms with E-state index in [4.69, 9.17) is 10.5 Å². The molecular weight excluding hydrogens is 278 g/mol. The van der Waals surface area contributed by atoms with Crippen LogP contribution in [0.25, 0.3) is 0 Å². The number of hydrogen-bond acceptors (Lipinski definition) is 3. The van der Waals surface area contributed by atoms with Crippen molar-refractivity contribution < 1.29 is 9.84 Å². The van der Waals surface area contributed by atoms with Gasteiger partial charge in [0.25, 0.3) is 0 Å². The lowest BCUT2D eigenvalue weighted by molar-refractivity contribution is -0.0201. The number of ether oxygens (including phenoxy) is 1. The van der Waals surface area contributed by atoms with E-state index in [0.29, 0.717) is 19.0 Å². The van der Waals surface area contributed by atoms with Crippen LogP contribution in [0.2, 0.25) is 0 Å². The Balaban J connectivity index is 1.69. The number of nitrogens with zero attached hydrogens (tertiary/aromatic N) is 1. The van der Waals surface area contributed by atoms with Crippen molar-refractivity contribution in [3.8, 4) is 0 Å². The molecule has 1 aliphatic carbocycles. The third kappa shape index (κ3) is 3.10. The first-order valence-electron chi connectivity index (χ1n) is 8.10. The summed E-state index contributed by atoms with van der Waals surface area (Å²) in [7, 11) is 0. The van der Waals surface area contributed by atoms with E-state index in [0.717, 1.165) is 18.5 Å². The molecule has 0 bridgehead atoms. The maximum absolute atomic E-state index is 10.5. The second-order valence-electron chi connectivity index (χ2n) is 6.34. The van der Waals surface area contributed by atoms with Gasteiger partial charge in [-0.1, -0.05) is 12.1 Å². The highest BCUT2D eigenvalue weighted by Gasteiger charge is 2.39. The third-order valence-electron chi connectivity index (χ3n) is 4.84. The molecule has 1 aromatic carbocycles. The van der Waals surface area contributed by atoms with E-state index in [1.807, 2.05) is 13.0 Å². The maximum Gasteiger partial charge on any atom is 0.193 e. The highest BCUT2D eigenvalue weighted by molar-refractivity contribution is 5.93. The summed E-state index contributed by atoms with van der Waals surface area (Å²) in [4.78, 5) is 4.33. The first-order valence-corrected chi connectivity index (χ1v) is 8.10. The first kappa shape index (κ1) is 15.3. The molecule has 1 aromatic rings. The van der Waals surface area contributed by atoms with Crippen LogP contribution in [0, 0.1) is 0 Å². The van der Waals surface area contributed by atoms with Crippen LogP contribution in [0.3, 0.4) is 0 Å². The van der Waals surface area contributed by atoms with E-state index in [-0.39, 0.29) is 12.6 Å². The summed E-state index contributed by atoms with van der Waals surface area (Å²) in [5.41, 5.74) is 8.90. The molecule has 4 N–H and O–H groups in total. The number of nitrogens with two attached hydrogens (primary N) is 1. The summed E-state index contributed by atoms with van der Waals surface area (Å²) in [6.45, 7) is 2.72. The number of rotatable bonds is 3. The lowest BCUT2D eigenvalue weighted by atomic mass is 9.90. The summed E-state index contributed by atoms with van der Waals surface area (Å²) in [5.74, 6) is 0.353. The molecule has 5 nitrogen and oxygen atoms in total. The number of nitrogens with one attached hydrogen (secondary N) is 1.